The van der Waals surface area contributed by atoms with Crippen molar-refractivity contribution >= 4 is 29.9 Å². The Morgan fingerprint density at radius 2 is 1.89 bits per heavy atom. The van der Waals surface area contributed by atoms with Gasteiger partial charge in [0.1, 0.15) is 12.4 Å². The number of guanidine groups is 1. The van der Waals surface area contributed by atoms with E-state index in [2.05, 4.69) is 34.4 Å². The van der Waals surface area contributed by atoms with Crippen LogP contribution in [0.2, 0.25) is 0 Å². The molecule has 2 rings (SSSR count). The number of aliphatic imine (C=N–C) groups is 1. The van der Waals surface area contributed by atoms with Crippen molar-refractivity contribution < 1.29 is 17.9 Å². The van der Waals surface area contributed by atoms with Crippen molar-refractivity contribution in [2.75, 3.05) is 33.3 Å². The molecule has 160 valence electrons. The minimum Gasteiger partial charge on any atom is -0.491 e. The average Bonchev–Trinajstić information content (AvgIpc) is 2.64. The third-order valence-electron chi connectivity index (χ3n) is 4.67. The van der Waals surface area contributed by atoms with E-state index in [9.17, 15) is 13.2 Å². The first-order valence-corrected chi connectivity index (χ1v) is 9.31. The molecule has 0 aliphatic carbocycles. The minimum atomic E-state index is -4.42. The maximum absolute atomic E-state index is 13.0. The van der Waals surface area contributed by atoms with Gasteiger partial charge in [-0.15, -0.1) is 24.0 Å². The summed E-state index contributed by atoms with van der Waals surface area (Å²) in [6.45, 7) is 6.96. The summed E-state index contributed by atoms with van der Waals surface area (Å²) >= 11 is 0. The SMILES string of the molecule is CN=C(NCCOc1ccccc1C(F)(F)F)NC1CCN(C(C)C)CC1.I. The minimum absolute atomic E-state index is 0. The fourth-order valence-corrected chi connectivity index (χ4v) is 3.11. The van der Waals surface area contributed by atoms with Gasteiger partial charge in [0.2, 0.25) is 0 Å². The Labute approximate surface area is 182 Å². The molecule has 0 unspecified atom stereocenters. The molecule has 0 bridgehead atoms. The summed E-state index contributed by atoms with van der Waals surface area (Å²) in [5.74, 6) is 0.488. The van der Waals surface area contributed by atoms with E-state index in [1.54, 1.807) is 7.05 Å². The molecule has 5 nitrogen and oxygen atoms in total. The van der Waals surface area contributed by atoms with Crippen LogP contribution >= 0.6 is 24.0 Å². The van der Waals surface area contributed by atoms with Gasteiger partial charge in [0.15, 0.2) is 5.96 Å². The molecule has 1 saturated heterocycles. The first-order chi connectivity index (χ1) is 12.8. The van der Waals surface area contributed by atoms with Gasteiger partial charge in [-0.1, -0.05) is 12.1 Å². The highest BCUT2D eigenvalue weighted by Crippen LogP contribution is 2.35. The second-order valence-electron chi connectivity index (χ2n) is 6.89. The average molecular weight is 514 g/mol. The maximum atomic E-state index is 13.0. The molecule has 0 atom stereocenters. The zero-order valence-corrected chi connectivity index (χ0v) is 18.9. The number of hydrogen-bond acceptors (Lipinski definition) is 3. The van der Waals surface area contributed by atoms with E-state index < -0.39 is 11.7 Å². The van der Waals surface area contributed by atoms with Crippen molar-refractivity contribution in [3.8, 4) is 5.75 Å². The van der Waals surface area contributed by atoms with Crippen molar-refractivity contribution in [3.05, 3.63) is 29.8 Å². The van der Waals surface area contributed by atoms with Gasteiger partial charge in [-0.3, -0.25) is 4.99 Å². The third kappa shape index (κ3) is 7.65. The molecule has 0 radical (unpaired) electrons. The van der Waals surface area contributed by atoms with Gasteiger partial charge in [0, 0.05) is 32.2 Å². The van der Waals surface area contributed by atoms with E-state index in [1.165, 1.54) is 18.2 Å². The van der Waals surface area contributed by atoms with Crippen LogP contribution < -0.4 is 15.4 Å². The summed E-state index contributed by atoms with van der Waals surface area (Å²) in [5, 5.41) is 6.47. The van der Waals surface area contributed by atoms with Crippen LogP contribution in [0.5, 0.6) is 5.75 Å². The molecule has 1 aliphatic rings. The first-order valence-electron chi connectivity index (χ1n) is 9.31. The quantitative estimate of drug-likeness (QED) is 0.263. The molecule has 0 spiro atoms. The van der Waals surface area contributed by atoms with Gasteiger partial charge in [-0.05, 0) is 38.8 Å². The van der Waals surface area contributed by atoms with Crippen LogP contribution in [-0.4, -0.2) is 56.2 Å². The van der Waals surface area contributed by atoms with Crippen molar-refractivity contribution in [3.63, 3.8) is 0 Å². The zero-order valence-electron chi connectivity index (χ0n) is 16.6. The monoisotopic (exact) mass is 514 g/mol. The van der Waals surface area contributed by atoms with Crippen LogP contribution in [-0.2, 0) is 6.18 Å². The molecule has 1 aliphatic heterocycles. The molecule has 1 aromatic carbocycles. The lowest BCUT2D eigenvalue weighted by Gasteiger charge is -2.35. The molecule has 9 heteroatoms. The van der Waals surface area contributed by atoms with Gasteiger partial charge in [-0.25, -0.2) is 0 Å². The standard InChI is InChI=1S/C19H29F3N4O.HI/c1-14(2)26-11-8-15(9-12-26)25-18(23-3)24-10-13-27-17-7-5-4-6-16(17)19(20,21)22;/h4-7,14-15H,8-13H2,1-3H3,(H2,23,24,25);1H. The fraction of sp³-hybridized carbons (Fsp3) is 0.632. The molecule has 1 fully saturated rings. The number of likely N-dealkylation sites (tertiary alicyclic amines) is 1. The van der Waals surface area contributed by atoms with Crippen LogP contribution in [0, 0.1) is 0 Å². The number of para-hydroxylation sites is 1. The predicted molar refractivity (Wildman–Crippen MR) is 117 cm³/mol. The zero-order chi connectivity index (χ0) is 19.9. The third-order valence-corrected chi connectivity index (χ3v) is 4.67. The van der Waals surface area contributed by atoms with Crippen molar-refractivity contribution in [2.45, 2.75) is 44.9 Å². The number of nitrogens with zero attached hydrogens (tertiary/aromatic N) is 2. The summed E-state index contributed by atoms with van der Waals surface area (Å²) in [6, 6.07) is 6.13. The van der Waals surface area contributed by atoms with Gasteiger partial charge in [0.05, 0.1) is 12.1 Å². The Balaban J connectivity index is 0.00000392. The molecule has 0 saturated carbocycles. The Kier molecular flexibility index (Phi) is 10.4. The van der Waals surface area contributed by atoms with Gasteiger partial charge in [0.25, 0.3) is 0 Å². The second kappa shape index (κ2) is 11.7. The Hall–Kier alpha value is -1.23. The van der Waals surface area contributed by atoms with Crippen LogP contribution in [0.4, 0.5) is 13.2 Å². The van der Waals surface area contributed by atoms with Gasteiger partial charge in [-0.2, -0.15) is 13.2 Å². The number of alkyl halides is 3. The topological polar surface area (TPSA) is 48.9 Å². The summed E-state index contributed by atoms with van der Waals surface area (Å²) < 4.78 is 44.2. The van der Waals surface area contributed by atoms with Crippen LogP contribution in [0.25, 0.3) is 0 Å². The number of hydrogen-bond donors (Lipinski definition) is 2. The van der Waals surface area contributed by atoms with Crippen LogP contribution in [0.15, 0.2) is 29.3 Å². The van der Waals surface area contributed by atoms with Crippen molar-refractivity contribution in [1.29, 1.82) is 0 Å². The highest BCUT2D eigenvalue weighted by molar-refractivity contribution is 14.0. The molecular weight excluding hydrogens is 484 g/mol. The second-order valence-corrected chi connectivity index (χ2v) is 6.89. The summed E-state index contributed by atoms with van der Waals surface area (Å²) in [7, 11) is 1.68. The largest absolute Gasteiger partial charge is 0.491 e. The van der Waals surface area contributed by atoms with E-state index in [-0.39, 0.29) is 36.3 Å². The maximum Gasteiger partial charge on any atom is 0.419 e. The van der Waals surface area contributed by atoms with E-state index in [0.717, 1.165) is 32.0 Å². The van der Waals surface area contributed by atoms with Crippen LogP contribution in [0.3, 0.4) is 0 Å². The highest BCUT2D eigenvalue weighted by atomic mass is 127. The molecule has 1 heterocycles. The van der Waals surface area contributed by atoms with Crippen LogP contribution in [0.1, 0.15) is 32.3 Å². The number of halogens is 4. The van der Waals surface area contributed by atoms with E-state index in [4.69, 9.17) is 4.74 Å². The van der Waals surface area contributed by atoms with E-state index >= 15 is 0 Å². The first kappa shape index (κ1) is 24.8. The number of piperidine rings is 1. The van der Waals surface area contributed by atoms with Crippen molar-refractivity contribution in [1.82, 2.24) is 15.5 Å². The number of benzene rings is 1. The molecular formula is C19H30F3IN4O. The fourth-order valence-electron chi connectivity index (χ4n) is 3.11. The number of nitrogens with one attached hydrogen (secondary N) is 2. The highest BCUT2D eigenvalue weighted by Gasteiger charge is 2.33. The van der Waals surface area contributed by atoms with E-state index in [0.29, 0.717) is 24.6 Å². The molecule has 0 amide bonds. The Morgan fingerprint density at radius 3 is 2.46 bits per heavy atom. The normalized spacial score (nSPS) is 16.6. The summed E-state index contributed by atoms with van der Waals surface area (Å²) in [6.07, 6.45) is -2.35. The Bertz CT molecular complexity index is 617. The Morgan fingerprint density at radius 1 is 1.25 bits per heavy atom. The summed E-state index contributed by atoms with van der Waals surface area (Å²) in [4.78, 5) is 6.63. The molecule has 2 N–H and O–H groups in total. The lowest BCUT2D eigenvalue weighted by Crippen LogP contribution is -2.50. The number of ether oxygens (including phenoxy) is 1. The smallest absolute Gasteiger partial charge is 0.419 e. The molecule has 28 heavy (non-hydrogen) atoms. The predicted octanol–water partition coefficient (Wildman–Crippen LogP) is 3.74. The summed E-state index contributed by atoms with van der Waals surface area (Å²) in [5.41, 5.74) is -0.760. The van der Waals surface area contributed by atoms with Gasteiger partial charge >= 0.3 is 6.18 Å². The van der Waals surface area contributed by atoms with Gasteiger partial charge < -0.3 is 20.3 Å². The lowest BCUT2D eigenvalue weighted by molar-refractivity contribution is -0.138. The number of rotatable bonds is 6. The molecule has 0 aromatic heterocycles. The molecule has 1 aromatic rings. The lowest BCUT2D eigenvalue weighted by atomic mass is 10.0. The van der Waals surface area contributed by atoms with E-state index in [1.807, 2.05) is 0 Å². The van der Waals surface area contributed by atoms with Crippen molar-refractivity contribution in [2.24, 2.45) is 4.99 Å².